The van der Waals surface area contributed by atoms with Crippen molar-refractivity contribution >= 4 is 10.0 Å². The third kappa shape index (κ3) is 2.84. The van der Waals surface area contributed by atoms with E-state index in [1.807, 2.05) is 0 Å². The summed E-state index contributed by atoms with van der Waals surface area (Å²) in [7, 11) is -3.45. The first-order chi connectivity index (χ1) is 10.1. The highest BCUT2D eigenvalue weighted by atomic mass is 32.2. The first-order valence-corrected chi connectivity index (χ1v) is 8.37. The van der Waals surface area contributed by atoms with Gasteiger partial charge in [0.15, 0.2) is 5.82 Å². The molecule has 0 aliphatic carbocycles. The summed E-state index contributed by atoms with van der Waals surface area (Å²) >= 11 is 0. The van der Waals surface area contributed by atoms with Crippen molar-refractivity contribution in [3.63, 3.8) is 0 Å². The van der Waals surface area contributed by atoms with Crippen molar-refractivity contribution in [1.82, 2.24) is 14.4 Å². The molecule has 1 aromatic heterocycles. The van der Waals surface area contributed by atoms with Crippen molar-refractivity contribution in [3.05, 3.63) is 42.0 Å². The summed E-state index contributed by atoms with van der Waals surface area (Å²) in [6.07, 6.45) is 1.65. The molecule has 0 radical (unpaired) electrons. The Balaban J connectivity index is 1.83. The van der Waals surface area contributed by atoms with Crippen LogP contribution in [0.4, 0.5) is 0 Å². The van der Waals surface area contributed by atoms with Gasteiger partial charge in [0, 0.05) is 13.1 Å². The first-order valence-electron chi connectivity index (χ1n) is 6.93. The fraction of sp³-hybridized carbons (Fsp3) is 0.429. The molecule has 21 heavy (non-hydrogen) atoms. The average molecular weight is 307 g/mol. The van der Waals surface area contributed by atoms with Crippen LogP contribution in [0.15, 0.2) is 39.8 Å². The molecule has 1 saturated heterocycles. The third-order valence-electron chi connectivity index (χ3n) is 3.66. The van der Waals surface area contributed by atoms with E-state index in [4.69, 9.17) is 4.52 Å². The number of hydrogen-bond acceptors (Lipinski definition) is 5. The maximum atomic E-state index is 12.6. The van der Waals surface area contributed by atoms with Crippen molar-refractivity contribution in [2.45, 2.75) is 30.6 Å². The zero-order chi connectivity index (χ0) is 14.9. The van der Waals surface area contributed by atoms with Crippen molar-refractivity contribution < 1.29 is 12.9 Å². The zero-order valence-corrected chi connectivity index (χ0v) is 12.6. The average Bonchev–Trinajstić information content (AvgIpc) is 2.95. The summed E-state index contributed by atoms with van der Waals surface area (Å²) in [5.74, 6) is 1.08. The number of rotatable bonds is 3. The minimum atomic E-state index is -3.45. The Bertz CT molecular complexity index is 712. The van der Waals surface area contributed by atoms with Gasteiger partial charge < -0.3 is 4.52 Å². The molecule has 6 nitrogen and oxygen atoms in total. The minimum absolute atomic E-state index is 0.0292. The molecule has 1 aromatic carbocycles. The van der Waals surface area contributed by atoms with E-state index < -0.39 is 10.0 Å². The Kier molecular flexibility index (Phi) is 3.77. The zero-order valence-electron chi connectivity index (χ0n) is 11.8. The molecule has 0 spiro atoms. The smallest absolute Gasteiger partial charge is 0.243 e. The van der Waals surface area contributed by atoms with Gasteiger partial charge in [-0.2, -0.15) is 9.29 Å². The lowest BCUT2D eigenvalue weighted by molar-refractivity contribution is 0.265. The Morgan fingerprint density at radius 1 is 1.29 bits per heavy atom. The molecule has 7 heteroatoms. The highest BCUT2D eigenvalue weighted by molar-refractivity contribution is 7.89. The predicted octanol–water partition coefficient (Wildman–Crippen LogP) is 1.95. The van der Waals surface area contributed by atoms with Crippen LogP contribution in [0.2, 0.25) is 0 Å². The predicted molar refractivity (Wildman–Crippen MR) is 76.2 cm³/mol. The lowest BCUT2D eigenvalue weighted by atomic mass is 10.00. The van der Waals surface area contributed by atoms with E-state index in [1.165, 1.54) is 4.31 Å². The molecule has 3 rings (SSSR count). The molecular weight excluding hydrogens is 290 g/mol. The monoisotopic (exact) mass is 307 g/mol. The second kappa shape index (κ2) is 5.57. The van der Waals surface area contributed by atoms with Crippen LogP contribution in [0, 0.1) is 6.92 Å². The van der Waals surface area contributed by atoms with Crippen LogP contribution in [0.1, 0.15) is 30.5 Å². The molecule has 1 fully saturated rings. The maximum Gasteiger partial charge on any atom is 0.243 e. The van der Waals surface area contributed by atoms with Gasteiger partial charge >= 0.3 is 0 Å². The molecule has 0 amide bonds. The van der Waals surface area contributed by atoms with Gasteiger partial charge in [0.2, 0.25) is 15.9 Å². The maximum absolute atomic E-state index is 12.6. The number of piperidine rings is 1. The molecule has 1 aliphatic rings. The van der Waals surface area contributed by atoms with Crippen LogP contribution < -0.4 is 0 Å². The van der Waals surface area contributed by atoms with Gasteiger partial charge in [-0.15, -0.1) is 0 Å². The normalized spacial score (nSPS) is 20.5. The number of aryl methyl sites for hydroxylation is 1. The number of sulfonamides is 1. The fourth-order valence-electron chi connectivity index (χ4n) is 2.58. The number of benzene rings is 1. The van der Waals surface area contributed by atoms with Crippen molar-refractivity contribution in [2.75, 3.05) is 13.1 Å². The molecule has 0 N–H and O–H groups in total. The van der Waals surface area contributed by atoms with Crippen LogP contribution in [0.5, 0.6) is 0 Å². The Hall–Kier alpha value is -1.73. The van der Waals surface area contributed by atoms with Gasteiger partial charge in [-0.25, -0.2) is 8.42 Å². The highest BCUT2D eigenvalue weighted by Gasteiger charge is 2.33. The molecule has 1 aliphatic heterocycles. The summed E-state index contributed by atoms with van der Waals surface area (Å²) in [4.78, 5) is 4.55. The van der Waals surface area contributed by atoms with Crippen molar-refractivity contribution in [3.8, 4) is 0 Å². The largest absolute Gasteiger partial charge is 0.339 e. The molecule has 0 saturated carbocycles. The summed E-state index contributed by atoms with van der Waals surface area (Å²) in [5, 5.41) is 3.78. The lowest BCUT2D eigenvalue weighted by Gasteiger charge is -2.30. The number of hydrogen-bond donors (Lipinski definition) is 0. The van der Waals surface area contributed by atoms with E-state index in [-0.39, 0.29) is 5.92 Å². The Labute approximate surface area is 123 Å². The second-order valence-corrected chi connectivity index (χ2v) is 7.13. The van der Waals surface area contributed by atoms with E-state index in [0.29, 0.717) is 29.7 Å². The van der Waals surface area contributed by atoms with Gasteiger partial charge in [0.25, 0.3) is 0 Å². The quantitative estimate of drug-likeness (QED) is 0.866. The van der Waals surface area contributed by atoms with Gasteiger partial charge in [0.1, 0.15) is 0 Å². The fourth-order valence-corrected chi connectivity index (χ4v) is 4.13. The van der Waals surface area contributed by atoms with Crippen LogP contribution >= 0.6 is 0 Å². The molecule has 0 unspecified atom stereocenters. The van der Waals surface area contributed by atoms with E-state index in [1.54, 1.807) is 37.3 Å². The van der Waals surface area contributed by atoms with Crippen LogP contribution in [-0.2, 0) is 10.0 Å². The van der Waals surface area contributed by atoms with E-state index in [9.17, 15) is 8.42 Å². The van der Waals surface area contributed by atoms with Gasteiger partial charge in [-0.3, -0.25) is 0 Å². The van der Waals surface area contributed by atoms with Crippen molar-refractivity contribution in [1.29, 1.82) is 0 Å². The molecule has 2 aromatic rings. The van der Waals surface area contributed by atoms with Gasteiger partial charge in [0.05, 0.1) is 10.8 Å². The van der Waals surface area contributed by atoms with Crippen LogP contribution in [0.25, 0.3) is 0 Å². The molecule has 112 valence electrons. The summed E-state index contributed by atoms with van der Waals surface area (Å²) in [6, 6.07) is 8.51. The van der Waals surface area contributed by atoms with E-state index in [0.717, 1.165) is 12.8 Å². The first kappa shape index (κ1) is 14.2. The van der Waals surface area contributed by atoms with Crippen LogP contribution in [-0.4, -0.2) is 36.0 Å². The van der Waals surface area contributed by atoms with Crippen molar-refractivity contribution in [2.24, 2.45) is 0 Å². The highest BCUT2D eigenvalue weighted by Crippen LogP contribution is 2.29. The van der Waals surface area contributed by atoms with Gasteiger partial charge in [-0.1, -0.05) is 23.4 Å². The lowest BCUT2D eigenvalue weighted by Crippen LogP contribution is -2.39. The minimum Gasteiger partial charge on any atom is -0.339 e. The van der Waals surface area contributed by atoms with Crippen LogP contribution in [0.3, 0.4) is 0 Å². The SMILES string of the molecule is Cc1noc([C@@H]2CCCN(S(=O)(=O)c3ccccc3)C2)n1. The Morgan fingerprint density at radius 2 is 2.05 bits per heavy atom. The summed E-state index contributed by atoms with van der Waals surface area (Å²) in [5.41, 5.74) is 0. The standard InChI is InChI=1S/C14H17N3O3S/c1-11-15-14(20-16-11)12-6-5-9-17(10-12)21(18,19)13-7-3-2-4-8-13/h2-4,7-8,12H,5-6,9-10H2,1H3/t12-/m1/s1. The van der Waals surface area contributed by atoms with E-state index >= 15 is 0 Å². The Morgan fingerprint density at radius 3 is 2.71 bits per heavy atom. The molecule has 2 heterocycles. The number of nitrogens with zero attached hydrogens (tertiary/aromatic N) is 3. The summed E-state index contributed by atoms with van der Waals surface area (Å²) < 4.78 is 32.0. The second-order valence-electron chi connectivity index (χ2n) is 5.20. The summed E-state index contributed by atoms with van der Waals surface area (Å²) in [6.45, 7) is 2.67. The van der Waals surface area contributed by atoms with Gasteiger partial charge in [-0.05, 0) is 31.9 Å². The molecule has 1 atom stereocenters. The molecule has 0 bridgehead atoms. The van der Waals surface area contributed by atoms with E-state index in [2.05, 4.69) is 10.1 Å². The molecular formula is C14H17N3O3S. The third-order valence-corrected chi connectivity index (χ3v) is 5.54. The number of aromatic nitrogens is 2. The topological polar surface area (TPSA) is 76.3 Å².